The molecule has 0 saturated carbocycles. The van der Waals surface area contributed by atoms with Gasteiger partial charge in [0, 0.05) is 5.39 Å². The van der Waals surface area contributed by atoms with Gasteiger partial charge in [-0.2, -0.15) is 0 Å². The van der Waals surface area contributed by atoms with Gasteiger partial charge in [0.2, 0.25) is 0 Å². The minimum Gasteiger partial charge on any atom is -0.507 e. The first-order valence-corrected chi connectivity index (χ1v) is 7.70. The highest BCUT2D eigenvalue weighted by Crippen LogP contribution is 2.41. The summed E-state index contributed by atoms with van der Waals surface area (Å²) in [4.78, 5) is 0. The second-order valence-corrected chi connectivity index (χ2v) is 6.17. The minimum atomic E-state index is 0.335. The molecule has 0 radical (unpaired) electrons. The average Bonchev–Trinajstić information content (AvgIpc) is 2.79. The van der Waals surface area contributed by atoms with Crippen molar-refractivity contribution >= 4 is 21.9 Å². The highest BCUT2D eigenvalue weighted by Gasteiger charge is 2.18. The number of furan rings is 1. The molecule has 0 spiro atoms. The fourth-order valence-corrected chi connectivity index (χ4v) is 3.10. The Morgan fingerprint density at radius 1 is 1.14 bits per heavy atom. The topological polar surface area (TPSA) is 33.4 Å². The van der Waals surface area contributed by atoms with E-state index in [0.29, 0.717) is 11.7 Å². The van der Waals surface area contributed by atoms with E-state index in [1.54, 1.807) is 0 Å². The number of rotatable bonds is 3. The molecule has 2 nitrogen and oxygen atoms in total. The number of aryl methyl sites for hydroxylation is 2. The summed E-state index contributed by atoms with van der Waals surface area (Å²) < 4.78 is 6.08. The van der Waals surface area contributed by atoms with E-state index in [-0.39, 0.29) is 0 Å². The molecule has 0 aliphatic carbocycles. The Bertz CT molecular complexity index is 809. The highest BCUT2D eigenvalue weighted by atomic mass is 16.3. The minimum absolute atomic E-state index is 0.335. The van der Waals surface area contributed by atoms with E-state index < -0.39 is 0 Å². The van der Waals surface area contributed by atoms with Crippen molar-refractivity contribution in [1.82, 2.24) is 0 Å². The smallest absolute Gasteiger partial charge is 0.139 e. The second kappa shape index (κ2) is 5.10. The van der Waals surface area contributed by atoms with Crippen LogP contribution >= 0.6 is 0 Å². The Morgan fingerprint density at radius 2 is 1.90 bits per heavy atom. The fourth-order valence-electron chi connectivity index (χ4n) is 3.10. The standard InChI is InChI=1S/C19H22O2/c1-5-6-13-9-15(20)18-16(10-13)21-19-12(4)7-8-14(11(2)3)17(18)19/h7-11,20H,5-6H2,1-4H3. The Hall–Kier alpha value is -1.96. The molecule has 1 aromatic heterocycles. The van der Waals surface area contributed by atoms with E-state index in [1.807, 2.05) is 6.07 Å². The van der Waals surface area contributed by atoms with Crippen molar-refractivity contribution in [1.29, 1.82) is 0 Å². The van der Waals surface area contributed by atoms with Crippen molar-refractivity contribution in [2.45, 2.75) is 46.5 Å². The first-order valence-electron chi connectivity index (χ1n) is 7.70. The van der Waals surface area contributed by atoms with Crippen molar-refractivity contribution in [2.24, 2.45) is 0 Å². The molecule has 0 bridgehead atoms. The van der Waals surface area contributed by atoms with E-state index in [0.717, 1.165) is 45.9 Å². The number of phenols is 1. The summed E-state index contributed by atoms with van der Waals surface area (Å²) in [6.45, 7) is 8.54. The summed E-state index contributed by atoms with van der Waals surface area (Å²) in [5.74, 6) is 0.728. The van der Waals surface area contributed by atoms with Gasteiger partial charge in [-0.15, -0.1) is 0 Å². The molecule has 2 heteroatoms. The summed E-state index contributed by atoms with van der Waals surface area (Å²) in [5, 5.41) is 12.4. The van der Waals surface area contributed by atoms with Crippen molar-refractivity contribution in [3.05, 3.63) is 41.0 Å². The fraction of sp³-hybridized carbons (Fsp3) is 0.368. The zero-order valence-corrected chi connectivity index (χ0v) is 13.2. The molecular weight excluding hydrogens is 260 g/mol. The molecule has 0 aliphatic heterocycles. The third kappa shape index (κ3) is 2.19. The predicted molar refractivity (Wildman–Crippen MR) is 88.2 cm³/mol. The van der Waals surface area contributed by atoms with Crippen LogP contribution in [0, 0.1) is 6.92 Å². The van der Waals surface area contributed by atoms with Crippen molar-refractivity contribution in [3.63, 3.8) is 0 Å². The van der Waals surface area contributed by atoms with Crippen LogP contribution in [0.15, 0.2) is 28.7 Å². The maximum Gasteiger partial charge on any atom is 0.139 e. The Labute approximate surface area is 125 Å². The molecule has 0 atom stereocenters. The molecule has 2 aromatic carbocycles. The lowest BCUT2D eigenvalue weighted by Crippen LogP contribution is -1.89. The lowest BCUT2D eigenvalue weighted by Gasteiger charge is -2.08. The predicted octanol–water partition coefficient (Wildman–Crippen LogP) is 5.68. The van der Waals surface area contributed by atoms with Crippen LogP contribution in [-0.2, 0) is 6.42 Å². The molecule has 3 rings (SSSR count). The summed E-state index contributed by atoms with van der Waals surface area (Å²) >= 11 is 0. The van der Waals surface area contributed by atoms with Crippen LogP contribution in [-0.4, -0.2) is 5.11 Å². The number of fused-ring (bicyclic) bond motifs is 3. The van der Waals surface area contributed by atoms with Crippen molar-refractivity contribution in [3.8, 4) is 5.75 Å². The van der Waals surface area contributed by atoms with Gasteiger partial charge in [0.15, 0.2) is 0 Å². The maximum atomic E-state index is 10.5. The summed E-state index contributed by atoms with van der Waals surface area (Å²) in [6, 6.07) is 8.20. The van der Waals surface area contributed by atoms with Gasteiger partial charge in [-0.3, -0.25) is 0 Å². The maximum absolute atomic E-state index is 10.5. The normalized spacial score (nSPS) is 11.9. The number of hydrogen-bond acceptors (Lipinski definition) is 2. The quantitative estimate of drug-likeness (QED) is 0.670. The van der Waals surface area contributed by atoms with Crippen LogP contribution in [0.3, 0.4) is 0 Å². The van der Waals surface area contributed by atoms with E-state index in [1.165, 1.54) is 5.56 Å². The van der Waals surface area contributed by atoms with Crippen LogP contribution in [0.4, 0.5) is 0 Å². The van der Waals surface area contributed by atoms with E-state index >= 15 is 0 Å². The van der Waals surface area contributed by atoms with Crippen LogP contribution in [0.5, 0.6) is 5.75 Å². The van der Waals surface area contributed by atoms with Gasteiger partial charge in [0.1, 0.15) is 16.9 Å². The van der Waals surface area contributed by atoms with Crippen LogP contribution in [0.25, 0.3) is 21.9 Å². The van der Waals surface area contributed by atoms with Gasteiger partial charge in [-0.25, -0.2) is 0 Å². The largest absolute Gasteiger partial charge is 0.507 e. The monoisotopic (exact) mass is 282 g/mol. The third-order valence-corrected chi connectivity index (χ3v) is 4.15. The SMILES string of the molecule is CCCc1cc(O)c2c(c1)oc1c(C)ccc(C(C)C)c12. The Morgan fingerprint density at radius 3 is 2.57 bits per heavy atom. The zero-order valence-electron chi connectivity index (χ0n) is 13.2. The van der Waals surface area contributed by atoms with Crippen LogP contribution < -0.4 is 0 Å². The molecule has 21 heavy (non-hydrogen) atoms. The highest BCUT2D eigenvalue weighted by molar-refractivity contribution is 6.11. The van der Waals surface area contributed by atoms with Gasteiger partial charge in [0.25, 0.3) is 0 Å². The van der Waals surface area contributed by atoms with E-state index in [2.05, 4.69) is 45.9 Å². The van der Waals surface area contributed by atoms with E-state index in [4.69, 9.17) is 4.42 Å². The third-order valence-electron chi connectivity index (χ3n) is 4.15. The van der Waals surface area contributed by atoms with Gasteiger partial charge in [0.05, 0.1) is 5.39 Å². The number of benzene rings is 2. The number of hydrogen-bond donors (Lipinski definition) is 1. The molecule has 1 heterocycles. The molecule has 0 unspecified atom stereocenters. The molecule has 3 aromatic rings. The van der Waals surface area contributed by atoms with Gasteiger partial charge >= 0.3 is 0 Å². The molecule has 1 N–H and O–H groups in total. The first kappa shape index (κ1) is 14.0. The molecular formula is C19H22O2. The number of phenolic OH excluding ortho intramolecular Hbond substituents is 1. The Kier molecular flexibility index (Phi) is 3.40. The zero-order chi connectivity index (χ0) is 15.1. The molecule has 0 aliphatic rings. The number of aromatic hydroxyl groups is 1. The lowest BCUT2D eigenvalue weighted by atomic mass is 9.95. The van der Waals surface area contributed by atoms with Gasteiger partial charge in [-0.1, -0.05) is 39.3 Å². The van der Waals surface area contributed by atoms with E-state index in [9.17, 15) is 5.11 Å². The van der Waals surface area contributed by atoms with Crippen LogP contribution in [0.1, 0.15) is 49.8 Å². The van der Waals surface area contributed by atoms with Crippen molar-refractivity contribution in [2.75, 3.05) is 0 Å². The van der Waals surface area contributed by atoms with Crippen molar-refractivity contribution < 1.29 is 9.52 Å². The molecule has 0 fully saturated rings. The summed E-state index contributed by atoms with van der Waals surface area (Å²) in [7, 11) is 0. The summed E-state index contributed by atoms with van der Waals surface area (Å²) in [5.41, 5.74) is 5.17. The first-order chi connectivity index (χ1) is 10.0. The van der Waals surface area contributed by atoms with Gasteiger partial charge in [-0.05, 0) is 48.1 Å². The molecule has 0 amide bonds. The lowest BCUT2D eigenvalue weighted by molar-refractivity contribution is 0.480. The average molecular weight is 282 g/mol. The second-order valence-electron chi connectivity index (χ2n) is 6.17. The summed E-state index contributed by atoms with van der Waals surface area (Å²) in [6.07, 6.45) is 2.01. The van der Waals surface area contributed by atoms with Gasteiger partial charge < -0.3 is 9.52 Å². The molecule has 110 valence electrons. The Balaban J connectivity index is 2.43. The molecule has 0 saturated heterocycles. The van der Waals surface area contributed by atoms with Crippen LogP contribution in [0.2, 0.25) is 0 Å².